The van der Waals surface area contributed by atoms with Crippen molar-refractivity contribution in [3.8, 4) is 17.6 Å². The highest BCUT2D eigenvalue weighted by Crippen LogP contribution is 2.34. The number of non-ortho nitro benzene ring substituents is 1. The maximum atomic E-state index is 12.4. The maximum absolute atomic E-state index is 12.4. The van der Waals surface area contributed by atoms with E-state index < -0.39 is 33.1 Å². The smallest absolute Gasteiger partial charge is 0.335 e. The fourth-order valence-electron chi connectivity index (χ4n) is 2.85. The summed E-state index contributed by atoms with van der Waals surface area (Å²) in [6.07, 6.45) is 1.29. The van der Waals surface area contributed by atoms with E-state index in [1.165, 1.54) is 54.6 Å². The first-order valence-corrected chi connectivity index (χ1v) is 9.65. The molecule has 2 N–H and O–H groups in total. The van der Waals surface area contributed by atoms with Crippen molar-refractivity contribution >= 4 is 35.0 Å². The molecule has 0 aliphatic heterocycles. The van der Waals surface area contributed by atoms with Crippen molar-refractivity contribution in [3.63, 3.8) is 0 Å². The highest BCUT2D eigenvalue weighted by molar-refractivity contribution is 6.10. The Kier molecular flexibility index (Phi) is 7.13. The molecule has 12 heteroatoms. The number of benzene rings is 3. The number of carboxylic acid groups (broad SMARTS) is 1. The second kappa shape index (κ2) is 10.4. The van der Waals surface area contributed by atoms with Gasteiger partial charge in [0, 0.05) is 11.8 Å². The molecule has 0 heterocycles. The molecule has 0 saturated heterocycles. The van der Waals surface area contributed by atoms with Crippen LogP contribution in [0.2, 0.25) is 0 Å². The molecule has 0 saturated carbocycles. The van der Waals surface area contributed by atoms with Gasteiger partial charge < -0.3 is 15.2 Å². The summed E-state index contributed by atoms with van der Waals surface area (Å²) in [7, 11) is 0. The Morgan fingerprint density at radius 3 is 2.31 bits per heavy atom. The number of carbonyl (C=O) groups excluding carboxylic acids is 1. The van der Waals surface area contributed by atoms with Crippen molar-refractivity contribution in [2.75, 3.05) is 5.32 Å². The van der Waals surface area contributed by atoms with Gasteiger partial charge in [0.15, 0.2) is 0 Å². The summed E-state index contributed by atoms with van der Waals surface area (Å²) in [5.74, 6) is -1.95. The number of hydrogen-bond acceptors (Lipinski definition) is 8. The summed E-state index contributed by atoms with van der Waals surface area (Å²) >= 11 is 0. The Morgan fingerprint density at radius 2 is 1.71 bits per heavy atom. The summed E-state index contributed by atoms with van der Waals surface area (Å²) in [6.45, 7) is 0. The average Bonchev–Trinajstić information content (AvgIpc) is 2.83. The second-order valence-corrected chi connectivity index (χ2v) is 6.85. The summed E-state index contributed by atoms with van der Waals surface area (Å²) in [5.41, 5.74) is -0.703. The number of hydrogen-bond donors (Lipinski definition) is 2. The topological polar surface area (TPSA) is 186 Å². The number of amides is 1. The van der Waals surface area contributed by atoms with Crippen molar-refractivity contribution < 1.29 is 29.3 Å². The van der Waals surface area contributed by atoms with E-state index in [-0.39, 0.29) is 28.3 Å². The van der Waals surface area contributed by atoms with E-state index in [9.17, 15) is 35.1 Å². The Bertz CT molecular complexity index is 1410. The maximum Gasteiger partial charge on any atom is 0.335 e. The normalized spacial score (nSPS) is 10.7. The predicted octanol–water partition coefficient (Wildman–Crippen LogP) is 4.54. The van der Waals surface area contributed by atoms with E-state index in [4.69, 9.17) is 9.84 Å². The summed E-state index contributed by atoms with van der Waals surface area (Å²) in [4.78, 5) is 44.0. The lowest BCUT2D eigenvalue weighted by Crippen LogP contribution is -2.13. The largest absolute Gasteiger partial charge is 0.478 e. The quantitative estimate of drug-likeness (QED) is 0.204. The van der Waals surface area contributed by atoms with Crippen LogP contribution in [0.25, 0.3) is 6.08 Å². The molecule has 0 bridgehead atoms. The molecule has 3 rings (SSSR count). The lowest BCUT2D eigenvalue weighted by atomic mass is 10.1. The number of carbonyl (C=O) groups is 2. The van der Waals surface area contributed by atoms with Gasteiger partial charge in [-0.3, -0.25) is 25.0 Å². The fraction of sp³-hybridized carbons (Fsp3) is 0. The van der Waals surface area contributed by atoms with Gasteiger partial charge in [-0.1, -0.05) is 18.2 Å². The van der Waals surface area contributed by atoms with E-state index in [0.29, 0.717) is 5.56 Å². The van der Waals surface area contributed by atoms with Crippen molar-refractivity contribution in [3.05, 3.63) is 104 Å². The molecule has 174 valence electrons. The zero-order valence-corrected chi connectivity index (χ0v) is 17.6. The van der Waals surface area contributed by atoms with Crippen molar-refractivity contribution in [1.29, 1.82) is 5.26 Å². The summed E-state index contributed by atoms with van der Waals surface area (Å²) in [6, 6.07) is 16.1. The minimum Gasteiger partial charge on any atom is -0.478 e. The van der Waals surface area contributed by atoms with Crippen molar-refractivity contribution in [1.82, 2.24) is 0 Å². The van der Waals surface area contributed by atoms with Crippen LogP contribution in [0.5, 0.6) is 11.5 Å². The number of aromatic carboxylic acids is 1. The van der Waals surface area contributed by atoms with Crippen LogP contribution in [0, 0.1) is 31.6 Å². The first-order valence-electron chi connectivity index (χ1n) is 9.65. The molecule has 3 aromatic carbocycles. The number of nitro benzene ring substituents is 2. The third-order valence-corrected chi connectivity index (χ3v) is 4.50. The minimum absolute atomic E-state index is 0.0332. The van der Waals surface area contributed by atoms with Gasteiger partial charge in [0.2, 0.25) is 5.75 Å². The van der Waals surface area contributed by atoms with Crippen LogP contribution in [-0.4, -0.2) is 26.8 Å². The Morgan fingerprint density at radius 1 is 1.00 bits per heavy atom. The highest BCUT2D eigenvalue weighted by Gasteiger charge is 2.21. The van der Waals surface area contributed by atoms with Gasteiger partial charge in [-0.05, 0) is 48.0 Å². The van der Waals surface area contributed by atoms with Gasteiger partial charge in [0.1, 0.15) is 17.4 Å². The fourth-order valence-corrected chi connectivity index (χ4v) is 2.85. The molecule has 3 aromatic rings. The van der Waals surface area contributed by atoms with Gasteiger partial charge in [0.25, 0.3) is 11.6 Å². The van der Waals surface area contributed by atoms with Crippen LogP contribution >= 0.6 is 0 Å². The molecule has 0 unspecified atom stereocenters. The van der Waals surface area contributed by atoms with Crippen LogP contribution < -0.4 is 10.1 Å². The van der Waals surface area contributed by atoms with Gasteiger partial charge in [-0.2, -0.15) is 5.26 Å². The molecule has 35 heavy (non-hydrogen) atoms. The lowest BCUT2D eigenvalue weighted by molar-refractivity contribution is -0.394. The van der Waals surface area contributed by atoms with E-state index in [0.717, 1.165) is 18.2 Å². The number of nitrogens with zero attached hydrogens (tertiary/aromatic N) is 3. The van der Waals surface area contributed by atoms with Gasteiger partial charge >= 0.3 is 11.7 Å². The summed E-state index contributed by atoms with van der Waals surface area (Å²) in [5, 5.41) is 42.9. The Balaban J connectivity index is 1.77. The van der Waals surface area contributed by atoms with Crippen LogP contribution in [-0.2, 0) is 4.79 Å². The van der Waals surface area contributed by atoms with Crippen molar-refractivity contribution in [2.45, 2.75) is 0 Å². The molecule has 1 amide bonds. The third kappa shape index (κ3) is 6.02. The van der Waals surface area contributed by atoms with E-state index in [1.54, 1.807) is 6.07 Å². The minimum atomic E-state index is -1.17. The van der Waals surface area contributed by atoms with E-state index in [1.807, 2.05) is 0 Å². The molecule has 0 radical (unpaired) electrons. The lowest BCUT2D eigenvalue weighted by Gasteiger charge is -2.07. The summed E-state index contributed by atoms with van der Waals surface area (Å²) < 4.78 is 5.47. The first-order chi connectivity index (χ1) is 16.7. The molecule has 0 atom stereocenters. The van der Waals surface area contributed by atoms with Gasteiger partial charge in [-0.25, -0.2) is 4.79 Å². The SMILES string of the molecule is N#CC(=Cc1ccc(Oc2ccc([N+](=O)[O-])cc2[N+](=O)[O-])cc1)C(=O)Nc1cccc(C(=O)O)c1. The molecule has 0 fully saturated rings. The van der Waals surface area contributed by atoms with E-state index >= 15 is 0 Å². The number of anilines is 1. The molecular formula is C23H14N4O8. The highest BCUT2D eigenvalue weighted by atomic mass is 16.6. The number of carboxylic acids is 1. The molecule has 12 nitrogen and oxygen atoms in total. The van der Waals surface area contributed by atoms with Crippen LogP contribution in [0.15, 0.2) is 72.3 Å². The number of rotatable bonds is 8. The monoisotopic (exact) mass is 474 g/mol. The molecule has 0 aliphatic carbocycles. The zero-order chi connectivity index (χ0) is 25.5. The predicted molar refractivity (Wildman–Crippen MR) is 122 cm³/mol. The molecular weight excluding hydrogens is 460 g/mol. The Labute approximate surface area is 196 Å². The Hall–Kier alpha value is -5.57. The van der Waals surface area contributed by atoms with Crippen LogP contribution in [0.1, 0.15) is 15.9 Å². The second-order valence-electron chi connectivity index (χ2n) is 6.85. The van der Waals surface area contributed by atoms with E-state index in [2.05, 4.69) is 5.32 Å². The number of ether oxygens (including phenoxy) is 1. The number of nitriles is 1. The number of nitro groups is 2. The van der Waals surface area contributed by atoms with Gasteiger partial charge in [-0.15, -0.1) is 0 Å². The van der Waals surface area contributed by atoms with Gasteiger partial charge in [0.05, 0.1) is 21.5 Å². The first kappa shape index (κ1) is 24.1. The van der Waals surface area contributed by atoms with Crippen molar-refractivity contribution in [2.24, 2.45) is 0 Å². The van der Waals surface area contributed by atoms with Crippen LogP contribution in [0.4, 0.5) is 17.1 Å². The molecule has 0 spiro atoms. The van der Waals surface area contributed by atoms with Crippen LogP contribution in [0.3, 0.4) is 0 Å². The molecule has 0 aromatic heterocycles. The number of nitrogens with one attached hydrogen (secondary N) is 1. The standard InChI is InChI=1S/C23H14N4O8/c24-13-16(22(28)25-17-3-1-2-15(11-17)23(29)30)10-14-4-7-19(8-5-14)35-21-9-6-18(26(31)32)12-20(21)27(33)34/h1-12H,(H,25,28)(H,29,30). The average molecular weight is 474 g/mol. The third-order valence-electron chi connectivity index (χ3n) is 4.50. The zero-order valence-electron chi connectivity index (χ0n) is 17.6. The molecule has 0 aliphatic rings.